The van der Waals surface area contributed by atoms with E-state index in [2.05, 4.69) is 5.32 Å². The Balaban J connectivity index is 2.07. The molecule has 1 aliphatic rings. The maximum absolute atomic E-state index is 11.6. The smallest absolute Gasteiger partial charge is 0.176 e. The summed E-state index contributed by atoms with van der Waals surface area (Å²) in [4.78, 5) is 11.6. The molecule has 1 N–H and O–H groups in total. The van der Waals surface area contributed by atoms with Crippen molar-refractivity contribution in [3.05, 3.63) is 28.8 Å². The number of halogens is 1. The maximum Gasteiger partial charge on any atom is 0.176 e. The van der Waals surface area contributed by atoms with Gasteiger partial charge in [0, 0.05) is 17.1 Å². The van der Waals surface area contributed by atoms with Gasteiger partial charge in [-0.1, -0.05) is 11.6 Å². The highest BCUT2D eigenvalue weighted by atomic mass is 35.5. The number of nitrogens with one attached hydrogen (secondary N) is 1. The number of ketones is 1. The van der Waals surface area contributed by atoms with Gasteiger partial charge in [0.15, 0.2) is 5.78 Å². The van der Waals surface area contributed by atoms with Crippen molar-refractivity contribution in [1.82, 2.24) is 5.32 Å². The second-order valence-electron chi connectivity index (χ2n) is 3.88. The number of rotatable bonds is 5. The first-order valence-corrected chi connectivity index (χ1v) is 6.95. The van der Waals surface area contributed by atoms with Crippen molar-refractivity contribution in [1.29, 1.82) is 0 Å². The highest BCUT2D eigenvalue weighted by molar-refractivity contribution is 8.00. The van der Waals surface area contributed by atoms with E-state index in [9.17, 15) is 4.79 Å². The number of hydrogen-bond acceptors (Lipinski definition) is 4. The van der Waals surface area contributed by atoms with E-state index in [1.165, 1.54) is 0 Å². The minimum atomic E-state index is 0.0279. The van der Waals surface area contributed by atoms with E-state index in [0.717, 1.165) is 11.5 Å². The molecule has 2 rings (SSSR count). The van der Waals surface area contributed by atoms with Crippen LogP contribution in [0.25, 0.3) is 0 Å². The number of carbonyl (C=O) groups is 1. The van der Waals surface area contributed by atoms with Gasteiger partial charge in [-0.2, -0.15) is 11.8 Å². The number of Topliss-reactive ketones (excluding diaryl/α,β-unsaturated/α-hetero) is 1. The zero-order chi connectivity index (χ0) is 12.3. The summed E-state index contributed by atoms with van der Waals surface area (Å²) in [6.07, 6.45) is 0.261. The van der Waals surface area contributed by atoms with Crippen LogP contribution in [0.1, 0.15) is 10.4 Å². The fourth-order valence-electron chi connectivity index (χ4n) is 1.49. The SMILES string of the molecule is CNCC(=O)c1ccc(OC2CSC2)c(Cl)c1. The summed E-state index contributed by atoms with van der Waals surface area (Å²) in [7, 11) is 1.74. The third-order valence-corrected chi connectivity index (χ3v) is 4.00. The van der Waals surface area contributed by atoms with Crippen LogP contribution in [0, 0.1) is 0 Å². The quantitative estimate of drug-likeness (QED) is 0.834. The van der Waals surface area contributed by atoms with E-state index >= 15 is 0 Å². The standard InChI is InChI=1S/C12H14ClNO2S/c1-14-5-11(15)8-2-3-12(10(13)4-8)16-9-6-17-7-9/h2-4,9,14H,5-7H2,1H3. The van der Waals surface area contributed by atoms with E-state index in [0.29, 0.717) is 22.9 Å². The number of benzene rings is 1. The van der Waals surface area contributed by atoms with Crippen molar-refractivity contribution in [3.8, 4) is 5.75 Å². The molecule has 0 spiro atoms. The van der Waals surface area contributed by atoms with Crippen molar-refractivity contribution >= 4 is 29.1 Å². The van der Waals surface area contributed by atoms with Gasteiger partial charge in [0.05, 0.1) is 11.6 Å². The third kappa shape index (κ3) is 3.15. The molecule has 1 fully saturated rings. The Labute approximate surface area is 110 Å². The molecule has 1 aromatic rings. The molecule has 0 bridgehead atoms. The fourth-order valence-corrected chi connectivity index (χ4v) is 2.28. The first kappa shape index (κ1) is 12.7. The van der Waals surface area contributed by atoms with Gasteiger partial charge in [-0.25, -0.2) is 0 Å². The molecule has 1 aromatic carbocycles. The van der Waals surface area contributed by atoms with Gasteiger partial charge in [0.1, 0.15) is 11.9 Å². The second kappa shape index (κ2) is 5.76. The molecular weight excluding hydrogens is 258 g/mol. The van der Waals surface area contributed by atoms with Gasteiger partial charge >= 0.3 is 0 Å². The lowest BCUT2D eigenvalue weighted by atomic mass is 10.1. The molecule has 0 aromatic heterocycles. The zero-order valence-corrected chi connectivity index (χ0v) is 11.1. The van der Waals surface area contributed by atoms with E-state index in [-0.39, 0.29) is 11.9 Å². The molecule has 0 radical (unpaired) electrons. The lowest BCUT2D eigenvalue weighted by Crippen LogP contribution is -2.31. The number of carbonyl (C=O) groups excluding carboxylic acids is 1. The van der Waals surface area contributed by atoms with Gasteiger partial charge in [0.25, 0.3) is 0 Å². The molecule has 92 valence electrons. The third-order valence-electron chi connectivity index (χ3n) is 2.49. The second-order valence-corrected chi connectivity index (χ2v) is 5.36. The number of ether oxygens (including phenoxy) is 1. The van der Waals surface area contributed by atoms with Crippen molar-refractivity contribution in [2.24, 2.45) is 0 Å². The summed E-state index contributed by atoms with van der Waals surface area (Å²) in [6.45, 7) is 0.315. The molecule has 0 unspecified atom stereocenters. The molecule has 1 heterocycles. The summed E-state index contributed by atoms with van der Waals surface area (Å²) in [6, 6.07) is 5.20. The van der Waals surface area contributed by atoms with E-state index in [1.54, 1.807) is 25.2 Å². The largest absolute Gasteiger partial charge is 0.487 e. The van der Waals surface area contributed by atoms with Gasteiger partial charge in [-0.3, -0.25) is 4.79 Å². The maximum atomic E-state index is 11.6. The number of likely N-dealkylation sites (N-methyl/N-ethyl adjacent to an activating group) is 1. The lowest BCUT2D eigenvalue weighted by Gasteiger charge is -2.26. The Hall–Kier alpha value is -0.710. The summed E-state index contributed by atoms with van der Waals surface area (Å²) < 4.78 is 5.70. The normalized spacial score (nSPS) is 15.4. The molecule has 1 aliphatic heterocycles. The van der Waals surface area contributed by atoms with Crippen LogP contribution in [0.4, 0.5) is 0 Å². The molecular formula is C12H14ClNO2S. The van der Waals surface area contributed by atoms with E-state index in [4.69, 9.17) is 16.3 Å². The lowest BCUT2D eigenvalue weighted by molar-refractivity contribution is 0.0993. The van der Waals surface area contributed by atoms with Crippen LogP contribution in [-0.2, 0) is 0 Å². The predicted molar refractivity (Wildman–Crippen MR) is 71.5 cm³/mol. The van der Waals surface area contributed by atoms with Crippen molar-refractivity contribution in [2.45, 2.75) is 6.10 Å². The zero-order valence-electron chi connectivity index (χ0n) is 9.53. The minimum absolute atomic E-state index is 0.0279. The van der Waals surface area contributed by atoms with Crippen LogP contribution in [0.2, 0.25) is 5.02 Å². The van der Waals surface area contributed by atoms with E-state index in [1.807, 2.05) is 11.8 Å². The van der Waals surface area contributed by atoms with Crippen LogP contribution in [0.5, 0.6) is 5.75 Å². The number of hydrogen-bond donors (Lipinski definition) is 1. The van der Waals surface area contributed by atoms with Crippen molar-refractivity contribution in [3.63, 3.8) is 0 Å². The molecule has 1 saturated heterocycles. The average molecular weight is 272 g/mol. The Morgan fingerprint density at radius 3 is 2.88 bits per heavy atom. The molecule has 0 amide bonds. The topological polar surface area (TPSA) is 38.3 Å². The Bertz CT molecular complexity index is 421. The minimum Gasteiger partial charge on any atom is -0.487 e. The fraction of sp³-hybridized carbons (Fsp3) is 0.417. The summed E-state index contributed by atoms with van der Waals surface area (Å²) in [5.74, 6) is 2.71. The van der Waals surface area contributed by atoms with E-state index < -0.39 is 0 Å². The van der Waals surface area contributed by atoms with Crippen molar-refractivity contribution in [2.75, 3.05) is 25.1 Å². The Morgan fingerprint density at radius 1 is 1.59 bits per heavy atom. The summed E-state index contributed by atoms with van der Waals surface area (Å²) in [5, 5.41) is 3.33. The summed E-state index contributed by atoms with van der Waals surface area (Å²) in [5.41, 5.74) is 0.611. The van der Waals surface area contributed by atoms with Crippen LogP contribution < -0.4 is 10.1 Å². The van der Waals surface area contributed by atoms with Crippen LogP contribution in [0.15, 0.2) is 18.2 Å². The molecule has 5 heteroatoms. The number of thioether (sulfide) groups is 1. The Morgan fingerprint density at radius 2 is 2.35 bits per heavy atom. The molecule has 17 heavy (non-hydrogen) atoms. The predicted octanol–water partition coefficient (Wildman–Crippen LogP) is 2.24. The van der Waals surface area contributed by atoms with Crippen LogP contribution in [-0.4, -0.2) is 37.0 Å². The molecule has 3 nitrogen and oxygen atoms in total. The monoisotopic (exact) mass is 271 g/mol. The van der Waals surface area contributed by atoms with Gasteiger partial charge < -0.3 is 10.1 Å². The van der Waals surface area contributed by atoms with Gasteiger partial charge in [-0.05, 0) is 25.2 Å². The van der Waals surface area contributed by atoms with Gasteiger partial charge in [0.2, 0.25) is 0 Å². The Kier molecular flexibility index (Phi) is 4.31. The average Bonchev–Trinajstić information content (AvgIpc) is 2.25. The molecule has 0 saturated carbocycles. The van der Waals surface area contributed by atoms with Gasteiger partial charge in [-0.15, -0.1) is 0 Å². The molecule has 0 atom stereocenters. The first-order valence-electron chi connectivity index (χ1n) is 5.42. The van der Waals surface area contributed by atoms with Crippen LogP contribution >= 0.6 is 23.4 Å². The summed E-state index contributed by atoms with van der Waals surface area (Å²) >= 11 is 7.95. The first-order chi connectivity index (χ1) is 8.20. The highest BCUT2D eigenvalue weighted by Gasteiger charge is 2.21. The highest BCUT2D eigenvalue weighted by Crippen LogP contribution is 2.30. The van der Waals surface area contributed by atoms with Crippen LogP contribution in [0.3, 0.4) is 0 Å². The van der Waals surface area contributed by atoms with Crippen molar-refractivity contribution < 1.29 is 9.53 Å². The molecule has 0 aliphatic carbocycles.